The molecule has 2 N–H and O–H groups in total. The highest BCUT2D eigenvalue weighted by Crippen LogP contribution is 2.20. The van der Waals surface area contributed by atoms with E-state index in [1.54, 1.807) is 0 Å². The molecule has 0 spiro atoms. The second-order valence-corrected chi connectivity index (χ2v) is 7.08. The predicted molar refractivity (Wildman–Crippen MR) is 99.5 cm³/mol. The number of hydrogen-bond donors (Lipinski definition) is 2. The number of nitrogens with zero attached hydrogens (tertiary/aromatic N) is 1. The van der Waals surface area contributed by atoms with E-state index in [0.29, 0.717) is 11.6 Å². The van der Waals surface area contributed by atoms with Crippen molar-refractivity contribution in [3.05, 3.63) is 34.7 Å². The van der Waals surface area contributed by atoms with Gasteiger partial charge in [-0.25, -0.2) is 0 Å². The van der Waals surface area contributed by atoms with Crippen LogP contribution in [0.5, 0.6) is 0 Å². The summed E-state index contributed by atoms with van der Waals surface area (Å²) in [6.07, 6.45) is 0.608. The minimum atomic E-state index is -0.344. The maximum Gasteiger partial charge on any atom is 0.315 e. The van der Waals surface area contributed by atoms with Crippen molar-refractivity contribution in [2.24, 2.45) is 5.10 Å². The minimum Gasteiger partial charge on any atom is -0.468 e. The molecule has 1 heterocycles. The summed E-state index contributed by atoms with van der Waals surface area (Å²) in [5, 5.41) is 9.72. The lowest BCUT2D eigenvalue weighted by Crippen LogP contribution is -2.35. The van der Waals surface area contributed by atoms with Crippen LogP contribution in [-0.2, 0) is 14.3 Å². The fraction of sp³-hybridized carbons (Fsp3) is 0.312. The molecule has 24 heavy (non-hydrogen) atoms. The van der Waals surface area contributed by atoms with E-state index in [-0.39, 0.29) is 22.9 Å². The van der Waals surface area contributed by atoms with Gasteiger partial charge in [-0.2, -0.15) is 0 Å². The average Bonchev–Trinajstić information content (AvgIpc) is 3.03. The van der Waals surface area contributed by atoms with E-state index < -0.39 is 0 Å². The number of benzene rings is 1. The number of amidine groups is 1. The van der Waals surface area contributed by atoms with Crippen LogP contribution in [0.25, 0.3) is 11.6 Å². The van der Waals surface area contributed by atoms with E-state index in [0.717, 1.165) is 15.5 Å². The van der Waals surface area contributed by atoms with Crippen LogP contribution in [0.1, 0.15) is 13.3 Å². The number of carbonyl (C=O) groups is 2. The lowest BCUT2D eigenvalue weighted by Gasteiger charge is -2.13. The molecule has 128 valence electrons. The third-order valence-corrected chi connectivity index (χ3v) is 5.50. The summed E-state index contributed by atoms with van der Waals surface area (Å²) in [4.78, 5) is 23.5. The van der Waals surface area contributed by atoms with Crippen molar-refractivity contribution in [3.63, 3.8) is 0 Å². The highest BCUT2D eigenvalue weighted by molar-refractivity contribution is 8.21. The molecule has 1 aliphatic rings. The Kier molecular flexibility index (Phi) is 6.74. The molecule has 0 radical (unpaired) electrons. The molecular formula is C16H19N3O3S2. The Balaban J connectivity index is 1.98. The summed E-state index contributed by atoms with van der Waals surface area (Å²) in [6, 6.07) is 7.70. The fourth-order valence-corrected chi connectivity index (χ4v) is 3.68. The molecule has 8 heteroatoms. The van der Waals surface area contributed by atoms with Gasteiger partial charge in [0.15, 0.2) is 5.17 Å². The predicted octanol–water partition coefficient (Wildman–Crippen LogP) is 0.571. The van der Waals surface area contributed by atoms with Crippen LogP contribution in [0, 0.1) is 0 Å². The van der Waals surface area contributed by atoms with Gasteiger partial charge in [-0.1, -0.05) is 37.8 Å². The Hall–Kier alpha value is -1.93. The van der Waals surface area contributed by atoms with Crippen LogP contribution in [0.3, 0.4) is 0 Å². The zero-order valence-corrected chi connectivity index (χ0v) is 15.1. The lowest BCUT2D eigenvalue weighted by molar-refractivity contribution is -0.137. The number of ether oxygens (including phenoxy) is 1. The summed E-state index contributed by atoms with van der Waals surface area (Å²) in [5.41, 5.74) is 2.92. The third-order valence-electron chi connectivity index (χ3n) is 3.24. The second-order valence-electron chi connectivity index (χ2n) is 4.89. The normalized spacial score (nSPS) is 16.8. The van der Waals surface area contributed by atoms with Gasteiger partial charge in [-0.05, 0) is 23.4 Å². The summed E-state index contributed by atoms with van der Waals surface area (Å²) < 4.78 is 4.59. The maximum absolute atomic E-state index is 12.3. The first-order chi connectivity index (χ1) is 11.5. The van der Waals surface area contributed by atoms with Crippen molar-refractivity contribution in [1.82, 2.24) is 10.7 Å². The number of carbonyl (C=O) groups excluding carboxylic acids is 2. The number of thioether (sulfide) groups is 2. The minimum absolute atomic E-state index is 0.145. The molecule has 1 unspecified atom stereocenters. The van der Waals surface area contributed by atoms with E-state index in [1.165, 1.54) is 30.6 Å². The molecular weight excluding hydrogens is 346 g/mol. The molecule has 0 fully saturated rings. The summed E-state index contributed by atoms with van der Waals surface area (Å²) >= 11 is 2.60. The molecule has 1 aromatic carbocycles. The highest BCUT2D eigenvalue weighted by atomic mass is 32.2. The Labute approximate surface area is 148 Å². The topological polar surface area (TPSA) is 79.8 Å². The number of nitrogens with one attached hydrogen (secondary N) is 2. The molecule has 1 atom stereocenters. The zero-order valence-electron chi connectivity index (χ0n) is 13.5. The maximum atomic E-state index is 12.3. The number of methoxy groups -OCH3 is 1. The van der Waals surface area contributed by atoms with Gasteiger partial charge in [0.2, 0.25) is 5.91 Å². The highest BCUT2D eigenvalue weighted by Gasteiger charge is 2.22. The van der Waals surface area contributed by atoms with Crippen molar-refractivity contribution >= 4 is 52.2 Å². The molecule has 0 bridgehead atoms. The van der Waals surface area contributed by atoms with Crippen LogP contribution in [0.4, 0.5) is 0 Å². The number of hydrogen-bond acceptors (Lipinski definition) is 7. The molecule has 2 rings (SSSR count). The van der Waals surface area contributed by atoms with E-state index >= 15 is 0 Å². The second kappa shape index (κ2) is 8.79. The SMILES string of the molecule is C=c1ccccc1=C1NN=C(NC(=O)C(CC)SCC(=O)OC)S1. The van der Waals surface area contributed by atoms with E-state index in [2.05, 4.69) is 27.2 Å². The van der Waals surface area contributed by atoms with Crippen molar-refractivity contribution < 1.29 is 14.3 Å². The summed E-state index contributed by atoms with van der Waals surface area (Å²) in [7, 11) is 1.33. The van der Waals surface area contributed by atoms with Crippen molar-refractivity contribution in [3.8, 4) is 0 Å². The number of hydrazone groups is 1. The van der Waals surface area contributed by atoms with Gasteiger partial charge >= 0.3 is 5.97 Å². The van der Waals surface area contributed by atoms with Gasteiger partial charge in [-0.15, -0.1) is 16.9 Å². The molecule has 1 aliphatic heterocycles. The van der Waals surface area contributed by atoms with Crippen molar-refractivity contribution in [2.45, 2.75) is 18.6 Å². The first-order valence-corrected chi connectivity index (χ1v) is 9.20. The van der Waals surface area contributed by atoms with Crippen molar-refractivity contribution in [2.75, 3.05) is 12.9 Å². The van der Waals surface area contributed by atoms with Gasteiger partial charge in [-0.3, -0.25) is 15.0 Å². The molecule has 6 nitrogen and oxygen atoms in total. The van der Waals surface area contributed by atoms with Crippen LogP contribution < -0.4 is 21.2 Å². The lowest BCUT2D eigenvalue weighted by atomic mass is 10.2. The van der Waals surface area contributed by atoms with Crippen molar-refractivity contribution in [1.29, 1.82) is 0 Å². The summed E-state index contributed by atoms with van der Waals surface area (Å²) in [6.45, 7) is 5.88. The molecule has 1 amide bonds. The Morgan fingerprint density at radius 1 is 1.46 bits per heavy atom. The zero-order chi connectivity index (χ0) is 17.5. The monoisotopic (exact) mass is 365 g/mol. The number of amides is 1. The largest absolute Gasteiger partial charge is 0.468 e. The quantitative estimate of drug-likeness (QED) is 0.743. The van der Waals surface area contributed by atoms with Gasteiger partial charge in [0.25, 0.3) is 0 Å². The Morgan fingerprint density at radius 2 is 2.21 bits per heavy atom. The third kappa shape index (κ3) is 4.78. The number of rotatable bonds is 5. The van der Waals surface area contributed by atoms with Crippen LogP contribution in [-0.4, -0.2) is 35.2 Å². The first kappa shape index (κ1) is 18.4. The standard InChI is InChI=1S/C16H19N3O3S2/c1-4-12(23-9-13(20)22-3)14(21)17-16-19-18-15(24-16)11-8-6-5-7-10(11)2/h5-8,12,18H,2,4,9H2,1,3H3,(H,17,19,21). The van der Waals surface area contributed by atoms with E-state index in [1.807, 2.05) is 31.2 Å². The van der Waals surface area contributed by atoms with Crippen LogP contribution in [0.15, 0.2) is 29.4 Å². The molecule has 0 aliphatic carbocycles. The smallest absolute Gasteiger partial charge is 0.315 e. The molecule has 0 aromatic heterocycles. The number of esters is 1. The Bertz CT molecular complexity index is 764. The first-order valence-electron chi connectivity index (χ1n) is 7.34. The van der Waals surface area contributed by atoms with E-state index in [4.69, 9.17) is 0 Å². The molecule has 0 saturated heterocycles. The summed E-state index contributed by atoms with van der Waals surface area (Å²) in [5.74, 6) is -0.376. The van der Waals surface area contributed by atoms with Gasteiger partial charge in [0, 0.05) is 5.22 Å². The van der Waals surface area contributed by atoms with Gasteiger partial charge in [0.1, 0.15) is 5.03 Å². The van der Waals surface area contributed by atoms with Gasteiger partial charge < -0.3 is 10.1 Å². The Morgan fingerprint density at radius 3 is 2.88 bits per heavy atom. The van der Waals surface area contributed by atoms with Crippen LogP contribution in [0.2, 0.25) is 0 Å². The molecule has 0 saturated carbocycles. The van der Waals surface area contributed by atoms with E-state index in [9.17, 15) is 9.59 Å². The molecule has 1 aromatic rings. The average molecular weight is 365 g/mol. The fourth-order valence-electron chi connectivity index (χ4n) is 1.95. The van der Waals surface area contributed by atoms with Crippen LogP contribution >= 0.6 is 23.5 Å². The van der Waals surface area contributed by atoms with Gasteiger partial charge in [0.05, 0.1) is 18.1 Å².